The molecule has 7 atom stereocenters. The van der Waals surface area contributed by atoms with Gasteiger partial charge in [0.05, 0.1) is 11.5 Å². The molecule has 1 amide bonds. The number of aliphatic hydroxyl groups excluding tert-OH is 1. The average molecular weight is 469 g/mol. The van der Waals surface area contributed by atoms with Crippen molar-refractivity contribution in [3.8, 4) is 0 Å². The zero-order chi connectivity index (χ0) is 25.4. The number of nitrogens with zero attached hydrogens (tertiary/aromatic N) is 1. The van der Waals surface area contributed by atoms with E-state index in [-0.39, 0.29) is 25.2 Å². The van der Waals surface area contributed by atoms with Crippen molar-refractivity contribution in [2.75, 3.05) is 27.2 Å². The Bertz CT molecular complexity index is 755. The van der Waals surface area contributed by atoms with Crippen LogP contribution in [0.2, 0.25) is 0 Å². The molecule has 0 unspecified atom stereocenters. The molecule has 190 valence electrons. The highest BCUT2D eigenvalue weighted by Crippen LogP contribution is 2.66. The molecule has 33 heavy (non-hydrogen) atoms. The second-order valence-electron chi connectivity index (χ2n) is 11.4. The maximum Gasteiger partial charge on any atom is 0.409 e. The second-order valence-corrected chi connectivity index (χ2v) is 11.4. The molecular weight excluding hydrogens is 424 g/mol. The third kappa shape index (κ3) is 4.72. The number of hydrogen-bond donors (Lipinski definition) is 4. The molecule has 0 aromatic rings. The molecule has 8 nitrogen and oxygen atoms in total. The smallest absolute Gasteiger partial charge is 0.409 e. The third-order valence-electron chi connectivity index (χ3n) is 8.29. The van der Waals surface area contributed by atoms with E-state index in [1.807, 2.05) is 39.8 Å². The van der Waals surface area contributed by atoms with Gasteiger partial charge in [0.1, 0.15) is 5.60 Å². The van der Waals surface area contributed by atoms with E-state index in [9.17, 15) is 24.9 Å². The summed E-state index contributed by atoms with van der Waals surface area (Å²) < 4.78 is 5.64. The number of hydrogen-bond acceptors (Lipinski definition) is 7. The van der Waals surface area contributed by atoms with Crippen molar-refractivity contribution in [1.29, 1.82) is 0 Å². The summed E-state index contributed by atoms with van der Waals surface area (Å²) in [5.74, 6) is -4.09. The van der Waals surface area contributed by atoms with E-state index in [2.05, 4.69) is 11.9 Å². The fourth-order valence-corrected chi connectivity index (χ4v) is 6.38. The highest BCUT2D eigenvalue weighted by atomic mass is 16.7. The number of carbonyl (C=O) groups is 2. The lowest BCUT2D eigenvalue weighted by molar-refractivity contribution is -0.361. The number of nitrogens with one attached hydrogen (secondary N) is 1. The Hall–Kier alpha value is -1.48. The van der Waals surface area contributed by atoms with Crippen molar-refractivity contribution in [2.24, 2.45) is 28.6 Å². The number of aliphatic hydroxyl groups is 3. The number of ketones is 1. The van der Waals surface area contributed by atoms with Crippen LogP contribution < -0.4 is 5.32 Å². The predicted octanol–water partition coefficient (Wildman–Crippen LogP) is 2.32. The van der Waals surface area contributed by atoms with Crippen LogP contribution in [0.1, 0.15) is 60.3 Å². The second kappa shape index (κ2) is 9.64. The molecule has 0 aromatic carbocycles. The largest absolute Gasteiger partial charge is 0.416 e. The van der Waals surface area contributed by atoms with Crippen LogP contribution in [0.4, 0.5) is 4.79 Å². The average Bonchev–Trinajstić information content (AvgIpc) is 2.68. The van der Waals surface area contributed by atoms with Gasteiger partial charge in [-0.1, -0.05) is 33.8 Å². The van der Waals surface area contributed by atoms with Crippen LogP contribution >= 0.6 is 0 Å². The quantitative estimate of drug-likeness (QED) is 0.319. The van der Waals surface area contributed by atoms with Crippen LogP contribution in [0, 0.1) is 28.6 Å². The Kier molecular flexibility index (Phi) is 8.11. The van der Waals surface area contributed by atoms with Crippen LogP contribution in [0.5, 0.6) is 0 Å². The van der Waals surface area contributed by atoms with Gasteiger partial charge in [-0.2, -0.15) is 0 Å². The molecule has 0 saturated heterocycles. The number of amides is 1. The summed E-state index contributed by atoms with van der Waals surface area (Å²) in [5, 5.41) is 37.9. The van der Waals surface area contributed by atoms with Crippen LogP contribution in [0.3, 0.4) is 0 Å². The van der Waals surface area contributed by atoms with E-state index < -0.39 is 52.0 Å². The fourth-order valence-electron chi connectivity index (χ4n) is 6.38. The van der Waals surface area contributed by atoms with Crippen LogP contribution in [0.25, 0.3) is 0 Å². The highest BCUT2D eigenvalue weighted by molar-refractivity contribution is 5.89. The minimum Gasteiger partial charge on any atom is -0.416 e. The Balaban J connectivity index is 2.56. The van der Waals surface area contributed by atoms with Gasteiger partial charge in [-0.15, -0.1) is 6.58 Å². The molecule has 2 rings (SSSR count). The Morgan fingerprint density at radius 2 is 1.85 bits per heavy atom. The molecule has 0 heterocycles. The number of rotatable bonds is 8. The molecule has 0 radical (unpaired) electrons. The SMILES string of the molecule is C=C[C@@H](C)CC(=O)[C@]1(O)[C@@H](C)C[C@H](O)[C@H]2C(C)(C)CC[C@](O)(OC(=O)NCCN(C)C)[C@@]21C. The van der Waals surface area contributed by atoms with Crippen molar-refractivity contribution in [3.63, 3.8) is 0 Å². The number of ether oxygens (including phenoxy) is 1. The first-order chi connectivity index (χ1) is 15.1. The highest BCUT2D eigenvalue weighted by Gasteiger charge is 2.76. The minimum absolute atomic E-state index is 0.0360. The standard InChI is InChI=1S/C25H44N2O6/c1-9-16(2)14-19(29)25(32)17(3)15-18(28)20-22(4,5)10-11-24(31,23(20,25)6)33-21(30)26-12-13-27(7)8/h9,16-18,20,28,31-32H,1,10-15H2,2-8H3,(H,26,30)/t16-,17+,18+,20+,23-,24+,25-/m1/s1. The van der Waals surface area contributed by atoms with Crippen molar-refractivity contribution in [3.05, 3.63) is 12.7 Å². The van der Waals surface area contributed by atoms with Crippen LogP contribution in [-0.2, 0) is 9.53 Å². The molecule has 0 aromatic heterocycles. The summed E-state index contributed by atoms with van der Waals surface area (Å²) in [6.45, 7) is 13.7. The molecule has 8 heteroatoms. The predicted molar refractivity (Wildman–Crippen MR) is 126 cm³/mol. The number of Topliss-reactive ketones (excluding diaryl/α,β-unsaturated/α-hetero) is 1. The van der Waals surface area contributed by atoms with Crippen molar-refractivity contribution >= 4 is 11.9 Å². The van der Waals surface area contributed by atoms with E-state index in [0.29, 0.717) is 19.5 Å². The van der Waals surface area contributed by atoms with Crippen LogP contribution in [-0.4, -0.2) is 76.8 Å². The molecule has 0 spiro atoms. The zero-order valence-corrected chi connectivity index (χ0v) is 21.4. The van der Waals surface area contributed by atoms with Crippen molar-refractivity contribution in [1.82, 2.24) is 10.2 Å². The molecule has 2 aliphatic carbocycles. The topological polar surface area (TPSA) is 119 Å². The van der Waals surface area contributed by atoms with Gasteiger partial charge in [0, 0.05) is 31.8 Å². The molecule has 0 aliphatic heterocycles. The van der Waals surface area contributed by atoms with E-state index in [4.69, 9.17) is 4.74 Å². The minimum atomic E-state index is -2.15. The lowest BCUT2D eigenvalue weighted by atomic mass is 9.41. The van der Waals surface area contributed by atoms with E-state index >= 15 is 0 Å². The van der Waals surface area contributed by atoms with Gasteiger partial charge in [-0.05, 0) is 51.1 Å². The van der Waals surface area contributed by atoms with Gasteiger partial charge in [-0.3, -0.25) is 4.79 Å². The maximum atomic E-state index is 13.6. The third-order valence-corrected chi connectivity index (χ3v) is 8.29. The summed E-state index contributed by atoms with van der Waals surface area (Å²) >= 11 is 0. The van der Waals surface area contributed by atoms with Gasteiger partial charge in [0.2, 0.25) is 5.79 Å². The fraction of sp³-hybridized carbons (Fsp3) is 0.840. The molecular formula is C25H44N2O6. The Morgan fingerprint density at radius 3 is 2.39 bits per heavy atom. The van der Waals surface area contributed by atoms with Crippen LogP contribution in [0.15, 0.2) is 12.7 Å². The Morgan fingerprint density at radius 1 is 1.24 bits per heavy atom. The number of likely N-dealkylation sites (N-methyl/N-ethyl adjacent to an activating group) is 1. The first-order valence-electron chi connectivity index (χ1n) is 12.0. The van der Waals surface area contributed by atoms with E-state index in [1.54, 1.807) is 19.9 Å². The number of carbonyl (C=O) groups excluding carboxylic acids is 2. The molecule has 4 N–H and O–H groups in total. The summed E-state index contributed by atoms with van der Waals surface area (Å²) in [7, 11) is 3.74. The molecule has 0 bridgehead atoms. The summed E-state index contributed by atoms with van der Waals surface area (Å²) in [4.78, 5) is 28.2. The maximum absolute atomic E-state index is 13.6. The molecule has 2 fully saturated rings. The summed E-state index contributed by atoms with van der Waals surface area (Å²) in [6.07, 6.45) is 0.689. The number of fused-ring (bicyclic) bond motifs is 1. The lowest BCUT2D eigenvalue weighted by Gasteiger charge is -2.67. The Labute approximate surface area is 198 Å². The van der Waals surface area contributed by atoms with Crippen molar-refractivity contribution < 1.29 is 29.6 Å². The molecule has 2 saturated carbocycles. The van der Waals surface area contributed by atoms with Crippen molar-refractivity contribution in [2.45, 2.75) is 77.8 Å². The number of allylic oxidation sites excluding steroid dienone is 1. The summed E-state index contributed by atoms with van der Waals surface area (Å²) in [5.41, 5.74) is -4.15. The normalized spacial score (nSPS) is 38.8. The summed E-state index contributed by atoms with van der Waals surface area (Å²) in [6, 6.07) is 0. The van der Waals surface area contributed by atoms with Gasteiger partial charge >= 0.3 is 6.09 Å². The van der Waals surface area contributed by atoms with Gasteiger partial charge in [0.25, 0.3) is 0 Å². The first-order valence-corrected chi connectivity index (χ1v) is 12.0. The first kappa shape index (κ1) is 27.8. The van der Waals surface area contributed by atoms with Gasteiger partial charge in [-0.25, -0.2) is 4.79 Å². The van der Waals surface area contributed by atoms with Gasteiger partial charge in [0.15, 0.2) is 5.78 Å². The zero-order valence-electron chi connectivity index (χ0n) is 21.4. The lowest BCUT2D eigenvalue weighted by Crippen LogP contribution is -2.78. The van der Waals surface area contributed by atoms with E-state index in [1.165, 1.54) is 0 Å². The monoisotopic (exact) mass is 468 g/mol. The van der Waals surface area contributed by atoms with E-state index in [0.717, 1.165) is 0 Å². The van der Waals surface area contributed by atoms with Gasteiger partial charge < -0.3 is 30.3 Å². The number of alkyl carbamates (subject to hydrolysis) is 1. The molecule has 2 aliphatic rings.